The minimum absolute atomic E-state index is 0.145. The van der Waals surface area contributed by atoms with Crippen LogP contribution in [0.1, 0.15) is 19.8 Å². The lowest BCUT2D eigenvalue weighted by molar-refractivity contribution is -0.142. The number of aliphatic carboxylic acids is 1. The van der Waals surface area contributed by atoms with Crippen molar-refractivity contribution in [3.63, 3.8) is 0 Å². The summed E-state index contributed by atoms with van der Waals surface area (Å²) in [5.41, 5.74) is 0. The van der Waals surface area contributed by atoms with Gasteiger partial charge in [-0.05, 0) is 6.92 Å². The Hall–Kier alpha value is -1.19. The Kier molecular flexibility index (Phi) is 5.27. The van der Waals surface area contributed by atoms with Crippen molar-refractivity contribution in [2.24, 2.45) is 0 Å². The van der Waals surface area contributed by atoms with Gasteiger partial charge >= 0.3 is 11.9 Å². The zero-order valence-electron chi connectivity index (χ0n) is 10.5. The first-order valence-corrected chi connectivity index (χ1v) is 7.45. The van der Waals surface area contributed by atoms with Crippen LogP contribution in [-0.2, 0) is 24.3 Å². The van der Waals surface area contributed by atoms with Crippen molar-refractivity contribution >= 4 is 22.0 Å². The summed E-state index contributed by atoms with van der Waals surface area (Å²) < 4.78 is 29.2. The van der Waals surface area contributed by atoms with Crippen LogP contribution in [0.4, 0.5) is 0 Å². The first-order valence-electron chi connectivity index (χ1n) is 5.84. The van der Waals surface area contributed by atoms with Gasteiger partial charge in [0.1, 0.15) is 6.04 Å². The van der Waals surface area contributed by atoms with E-state index in [9.17, 15) is 23.1 Å². The van der Waals surface area contributed by atoms with Crippen molar-refractivity contribution in [1.82, 2.24) is 4.31 Å². The number of carboxylic acid groups (broad SMARTS) is 1. The summed E-state index contributed by atoms with van der Waals surface area (Å²) in [5, 5.41) is 18.3. The molecule has 1 heterocycles. The lowest BCUT2D eigenvalue weighted by Crippen LogP contribution is -2.42. The minimum atomic E-state index is -3.91. The number of aliphatic hydroxyl groups excluding tert-OH is 1. The highest BCUT2D eigenvalue weighted by Crippen LogP contribution is 2.22. The molecular formula is C10H17NO7S. The number of β-amino-alcohol motifs (C(OH)–C–C–N with tert-alkyl or cyclic N) is 1. The average Bonchev–Trinajstić information content (AvgIpc) is 2.70. The second-order valence-corrected chi connectivity index (χ2v) is 6.23. The predicted octanol–water partition coefficient (Wildman–Crippen LogP) is -1.21. The summed E-state index contributed by atoms with van der Waals surface area (Å²) >= 11 is 0. The maximum atomic E-state index is 11.9. The normalized spacial score (nSPS) is 24.3. The van der Waals surface area contributed by atoms with Crippen LogP contribution in [-0.4, -0.2) is 65.9 Å². The Morgan fingerprint density at radius 1 is 1.42 bits per heavy atom. The molecule has 8 nitrogen and oxygen atoms in total. The molecule has 0 aliphatic carbocycles. The molecule has 0 aromatic heterocycles. The smallest absolute Gasteiger partial charge is 0.322 e. The van der Waals surface area contributed by atoms with E-state index in [1.807, 2.05) is 0 Å². The zero-order chi connectivity index (χ0) is 14.6. The van der Waals surface area contributed by atoms with Gasteiger partial charge in [-0.2, -0.15) is 4.31 Å². The highest BCUT2D eigenvalue weighted by molar-refractivity contribution is 7.89. The van der Waals surface area contributed by atoms with Crippen LogP contribution in [0.5, 0.6) is 0 Å². The van der Waals surface area contributed by atoms with Gasteiger partial charge in [-0.25, -0.2) is 8.42 Å². The molecule has 1 aliphatic heterocycles. The van der Waals surface area contributed by atoms with Crippen LogP contribution in [0.3, 0.4) is 0 Å². The summed E-state index contributed by atoms with van der Waals surface area (Å²) in [6.45, 7) is 1.49. The second-order valence-electron chi connectivity index (χ2n) is 4.18. The second kappa shape index (κ2) is 6.31. The number of ether oxygens (including phenoxy) is 1. The lowest BCUT2D eigenvalue weighted by Gasteiger charge is -2.20. The third-order valence-electron chi connectivity index (χ3n) is 2.75. The SMILES string of the molecule is CCOC(=O)CCS(=O)(=O)N1C[C@@H](O)C[C@H]1C(=O)O. The molecule has 1 saturated heterocycles. The standard InChI is InChI=1S/C10H17NO7S/c1-2-18-9(13)3-4-19(16,17)11-6-7(12)5-8(11)10(14)15/h7-8,12H,2-6H2,1H3,(H,14,15)/t7-,8-/m0/s1. The van der Waals surface area contributed by atoms with Crippen LogP contribution in [0, 0.1) is 0 Å². The fraction of sp³-hybridized carbons (Fsp3) is 0.800. The Balaban J connectivity index is 2.71. The van der Waals surface area contributed by atoms with Gasteiger partial charge in [0.25, 0.3) is 0 Å². The van der Waals surface area contributed by atoms with E-state index in [0.717, 1.165) is 4.31 Å². The van der Waals surface area contributed by atoms with Gasteiger partial charge in [-0.1, -0.05) is 0 Å². The molecular weight excluding hydrogens is 278 g/mol. The highest BCUT2D eigenvalue weighted by atomic mass is 32.2. The van der Waals surface area contributed by atoms with Crippen LogP contribution in [0.25, 0.3) is 0 Å². The molecule has 0 unspecified atom stereocenters. The maximum Gasteiger partial charge on any atom is 0.322 e. The number of aliphatic hydroxyl groups is 1. The molecule has 0 amide bonds. The first-order chi connectivity index (χ1) is 8.77. The largest absolute Gasteiger partial charge is 0.480 e. The lowest BCUT2D eigenvalue weighted by atomic mass is 10.2. The number of rotatable bonds is 6. The monoisotopic (exact) mass is 295 g/mol. The predicted molar refractivity (Wildman–Crippen MR) is 63.8 cm³/mol. The van der Waals surface area contributed by atoms with Gasteiger partial charge in [-0.3, -0.25) is 9.59 Å². The summed E-state index contributed by atoms with van der Waals surface area (Å²) in [6.07, 6.45) is -1.48. The van der Waals surface area contributed by atoms with E-state index in [1.165, 1.54) is 0 Å². The molecule has 1 fully saturated rings. The number of carboxylic acids is 1. The topological polar surface area (TPSA) is 121 Å². The van der Waals surface area contributed by atoms with E-state index in [-0.39, 0.29) is 26.0 Å². The van der Waals surface area contributed by atoms with Gasteiger partial charge in [0.2, 0.25) is 10.0 Å². The van der Waals surface area contributed by atoms with Crippen LogP contribution >= 0.6 is 0 Å². The van der Waals surface area contributed by atoms with Gasteiger partial charge in [0.05, 0.1) is 24.9 Å². The van der Waals surface area contributed by atoms with E-state index in [2.05, 4.69) is 4.74 Å². The molecule has 19 heavy (non-hydrogen) atoms. The number of hydrogen-bond acceptors (Lipinski definition) is 6. The first kappa shape index (κ1) is 15.9. The number of sulfonamides is 1. The van der Waals surface area contributed by atoms with Crippen LogP contribution in [0.2, 0.25) is 0 Å². The molecule has 0 bridgehead atoms. The Bertz CT molecular complexity index is 447. The molecule has 1 aliphatic rings. The highest BCUT2D eigenvalue weighted by Gasteiger charge is 2.42. The Morgan fingerprint density at radius 3 is 2.58 bits per heavy atom. The van der Waals surface area contributed by atoms with Gasteiger partial charge in [0.15, 0.2) is 0 Å². The number of hydrogen-bond donors (Lipinski definition) is 2. The fourth-order valence-electron chi connectivity index (χ4n) is 1.88. The van der Waals surface area contributed by atoms with Crippen molar-refractivity contribution < 1.29 is 33.0 Å². The maximum absolute atomic E-state index is 11.9. The summed E-state index contributed by atoms with van der Waals surface area (Å²) in [6, 6.07) is -1.28. The molecule has 110 valence electrons. The molecule has 0 aromatic carbocycles. The molecule has 0 radical (unpaired) electrons. The summed E-state index contributed by atoms with van der Waals surface area (Å²) in [5.74, 6) is -2.49. The molecule has 1 rings (SSSR count). The van der Waals surface area contributed by atoms with Crippen molar-refractivity contribution in [3.05, 3.63) is 0 Å². The van der Waals surface area contributed by atoms with E-state index in [4.69, 9.17) is 5.11 Å². The summed E-state index contributed by atoms with van der Waals surface area (Å²) in [7, 11) is -3.91. The van der Waals surface area contributed by atoms with Crippen LogP contribution in [0.15, 0.2) is 0 Å². The van der Waals surface area contributed by atoms with Gasteiger partial charge < -0.3 is 14.9 Å². The number of carbonyl (C=O) groups excluding carboxylic acids is 1. The van der Waals surface area contributed by atoms with Crippen molar-refractivity contribution in [2.75, 3.05) is 18.9 Å². The van der Waals surface area contributed by atoms with E-state index >= 15 is 0 Å². The average molecular weight is 295 g/mol. The molecule has 0 spiro atoms. The van der Waals surface area contributed by atoms with Gasteiger partial charge in [0, 0.05) is 13.0 Å². The number of carbonyl (C=O) groups is 2. The van der Waals surface area contributed by atoms with E-state index in [1.54, 1.807) is 6.92 Å². The Morgan fingerprint density at radius 2 is 2.05 bits per heavy atom. The van der Waals surface area contributed by atoms with Crippen molar-refractivity contribution in [1.29, 1.82) is 0 Å². The number of nitrogens with zero attached hydrogens (tertiary/aromatic N) is 1. The van der Waals surface area contributed by atoms with Crippen molar-refractivity contribution in [2.45, 2.75) is 31.9 Å². The third-order valence-corrected chi connectivity index (χ3v) is 4.58. The molecule has 0 saturated carbocycles. The third kappa shape index (κ3) is 4.15. The zero-order valence-corrected chi connectivity index (χ0v) is 11.3. The molecule has 9 heteroatoms. The van der Waals surface area contributed by atoms with Crippen LogP contribution < -0.4 is 0 Å². The quantitative estimate of drug-likeness (QED) is 0.590. The minimum Gasteiger partial charge on any atom is -0.480 e. The fourth-order valence-corrected chi connectivity index (χ4v) is 3.50. The van der Waals surface area contributed by atoms with Gasteiger partial charge in [-0.15, -0.1) is 0 Å². The number of esters is 1. The van der Waals surface area contributed by atoms with Crippen molar-refractivity contribution in [3.8, 4) is 0 Å². The van der Waals surface area contributed by atoms with E-state index in [0.29, 0.717) is 0 Å². The summed E-state index contributed by atoms with van der Waals surface area (Å²) in [4.78, 5) is 22.0. The molecule has 2 atom stereocenters. The molecule has 0 aromatic rings. The molecule has 2 N–H and O–H groups in total. The van der Waals surface area contributed by atoms with E-state index < -0.39 is 39.9 Å². The Labute approximate surface area is 111 Å².